The SMILES string of the molecule is Nc1nc(/C(=N/OC2CCCC2)C(=O)N[C@@H]2C(=O)N3C(C(=O)O)=C(/C=C4/CCN(C5CC5)C4=O)CS[C@H]23)cs1. The summed E-state index contributed by atoms with van der Waals surface area (Å²) in [6.45, 7) is 0.635. The molecule has 5 aliphatic rings. The summed E-state index contributed by atoms with van der Waals surface area (Å²) in [5.74, 6) is -2.21. The minimum absolute atomic E-state index is 0.0590. The molecule has 0 bridgehead atoms. The molecule has 1 aromatic rings. The number of oxime groups is 1. The first-order valence-electron chi connectivity index (χ1n) is 13.0. The van der Waals surface area contributed by atoms with Gasteiger partial charge in [0.05, 0.1) is 0 Å². The summed E-state index contributed by atoms with van der Waals surface area (Å²) in [5.41, 5.74) is 6.77. The number of amides is 3. The van der Waals surface area contributed by atoms with Gasteiger partial charge in [-0.3, -0.25) is 19.3 Å². The van der Waals surface area contributed by atoms with E-state index in [1.807, 2.05) is 4.90 Å². The number of likely N-dealkylation sites (tertiary alicyclic amines) is 1. The summed E-state index contributed by atoms with van der Waals surface area (Å²) in [6.07, 6.45) is 7.86. The Morgan fingerprint density at radius 3 is 2.67 bits per heavy atom. The fourth-order valence-corrected chi connectivity index (χ4v) is 7.25. The van der Waals surface area contributed by atoms with E-state index in [4.69, 9.17) is 10.6 Å². The molecule has 206 valence electrons. The van der Waals surface area contributed by atoms with Gasteiger partial charge in [-0.05, 0) is 56.6 Å². The molecule has 0 spiro atoms. The molecule has 3 aliphatic heterocycles. The maximum Gasteiger partial charge on any atom is 0.352 e. The van der Waals surface area contributed by atoms with E-state index in [0.29, 0.717) is 30.2 Å². The normalized spacial score (nSPS) is 26.8. The van der Waals surface area contributed by atoms with Crippen LogP contribution in [0, 0.1) is 0 Å². The van der Waals surface area contributed by atoms with Crippen LogP contribution in [0.25, 0.3) is 0 Å². The van der Waals surface area contributed by atoms with Gasteiger partial charge in [0.1, 0.15) is 28.9 Å². The first-order chi connectivity index (χ1) is 18.8. The molecular formula is C25H28N6O6S2. The van der Waals surface area contributed by atoms with Crippen molar-refractivity contribution >= 4 is 57.6 Å². The summed E-state index contributed by atoms with van der Waals surface area (Å²) in [5, 5.41) is 18.0. The minimum atomic E-state index is -1.25. The average molecular weight is 573 g/mol. The lowest BCUT2D eigenvalue weighted by atomic mass is 10.0. The van der Waals surface area contributed by atoms with Crippen molar-refractivity contribution in [2.24, 2.45) is 5.16 Å². The Hall–Kier alpha value is -3.39. The third kappa shape index (κ3) is 4.91. The standard InChI is InChI=1S/C25H28N6O6S2/c26-25-27-16(11-39-25)17(29-37-15-3-1-2-4-15)20(32)28-18-22(34)31-19(24(35)36)13(10-38-23(18)31)9-12-7-8-30(21(12)33)14-5-6-14/h9,11,14-15,18,23H,1-8,10H2,(H2,26,27)(H,28,32)(H,35,36)/b12-9-,29-17-/t18-,23-/m1/s1. The number of anilines is 1. The van der Waals surface area contributed by atoms with Crippen molar-refractivity contribution in [1.29, 1.82) is 0 Å². The smallest absolute Gasteiger partial charge is 0.352 e. The Kier molecular flexibility index (Phi) is 6.83. The first kappa shape index (κ1) is 25.9. The van der Waals surface area contributed by atoms with Crippen molar-refractivity contribution in [3.63, 3.8) is 0 Å². The summed E-state index contributed by atoms with van der Waals surface area (Å²) in [4.78, 5) is 64.2. The zero-order chi connectivity index (χ0) is 27.3. The lowest BCUT2D eigenvalue weighted by Crippen LogP contribution is -2.71. The van der Waals surface area contributed by atoms with Crippen LogP contribution in [0.4, 0.5) is 5.13 Å². The Balaban J connectivity index is 1.19. The number of fused-ring (bicyclic) bond motifs is 1. The third-order valence-corrected chi connectivity index (χ3v) is 9.53. The van der Waals surface area contributed by atoms with Gasteiger partial charge in [0.2, 0.25) is 5.91 Å². The van der Waals surface area contributed by atoms with Crippen LogP contribution in [0.3, 0.4) is 0 Å². The topological polar surface area (TPSA) is 168 Å². The maximum absolute atomic E-state index is 13.3. The van der Waals surface area contributed by atoms with Crippen molar-refractivity contribution in [1.82, 2.24) is 20.1 Å². The van der Waals surface area contributed by atoms with Crippen molar-refractivity contribution in [2.75, 3.05) is 18.0 Å². The number of aliphatic carboxylic acids is 1. The van der Waals surface area contributed by atoms with Crippen molar-refractivity contribution < 1.29 is 29.1 Å². The molecule has 1 aromatic heterocycles. The van der Waals surface area contributed by atoms with E-state index in [1.165, 1.54) is 16.7 Å². The summed E-state index contributed by atoms with van der Waals surface area (Å²) < 4.78 is 0. The third-order valence-electron chi connectivity index (χ3n) is 7.56. The number of nitrogen functional groups attached to an aromatic ring is 1. The number of carbonyl (C=O) groups is 4. The molecule has 4 fully saturated rings. The molecule has 2 atom stereocenters. The van der Waals surface area contributed by atoms with Crippen LogP contribution in [0.2, 0.25) is 0 Å². The first-order valence-corrected chi connectivity index (χ1v) is 14.9. The van der Waals surface area contributed by atoms with Crippen molar-refractivity contribution in [2.45, 2.75) is 68.5 Å². The van der Waals surface area contributed by atoms with Crippen LogP contribution in [-0.4, -0.2) is 85.2 Å². The van der Waals surface area contributed by atoms with Gasteiger partial charge in [-0.2, -0.15) is 0 Å². The number of nitrogens with one attached hydrogen (secondary N) is 1. The molecule has 0 unspecified atom stereocenters. The Bertz CT molecular complexity index is 1330. The second kappa shape index (κ2) is 10.3. The summed E-state index contributed by atoms with van der Waals surface area (Å²) in [7, 11) is 0. The highest BCUT2D eigenvalue weighted by atomic mass is 32.2. The van der Waals surface area contributed by atoms with E-state index in [9.17, 15) is 24.3 Å². The van der Waals surface area contributed by atoms with Crippen molar-refractivity contribution in [3.05, 3.63) is 34.0 Å². The van der Waals surface area contributed by atoms with E-state index < -0.39 is 29.2 Å². The molecule has 12 nitrogen and oxygen atoms in total. The molecule has 2 saturated heterocycles. The molecule has 39 heavy (non-hydrogen) atoms. The summed E-state index contributed by atoms with van der Waals surface area (Å²) >= 11 is 2.50. The van der Waals surface area contributed by atoms with Crippen LogP contribution in [-0.2, 0) is 24.0 Å². The molecular weight excluding hydrogens is 544 g/mol. The zero-order valence-corrected chi connectivity index (χ0v) is 22.6. The fourth-order valence-electron chi connectivity index (χ4n) is 5.40. The molecule has 2 saturated carbocycles. The number of carboxylic acids is 1. The largest absolute Gasteiger partial charge is 0.477 e. The van der Waals surface area contributed by atoms with E-state index in [2.05, 4.69) is 15.5 Å². The number of thiazole rings is 1. The van der Waals surface area contributed by atoms with E-state index in [1.54, 1.807) is 11.5 Å². The number of β-lactam (4-membered cyclic amide) rings is 1. The van der Waals surface area contributed by atoms with Gasteiger partial charge in [0.25, 0.3) is 11.8 Å². The quantitative estimate of drug-likeness (QED) is 0.181. The number of hydrogen-bond donors (Lipinski definition) is 3. The lowest BCUT2D eigenvalue weighted by Gasteiger charge is -2.49. The number of allylic oxidation sites excluding steroid dienone is 1. The maximum atomic E-state index is 13.3. The molecule has 14 heteroatoms. The lowest BCUT2D eigenvalue weighted by molar-refractivity contribution is -0.150. The number of aromatic nitrogens is 1. The van der Waals surface area contributed by atoms with Crippen LogP contribution in [0.1, 0.15) is 50.6 Å². The monoisotopic (exact) mass is 572 g/mol. The Morgan fingerprint density at radius 1 is 1.23 bits per heavy atom. The molecule has 0 radical (unpaired) electrons. The van der Waals surface area contributed by atoms with Crippen LogP contribution < -0.4 is 11.1 Å². The second-order valence-corrected chi connectivity index (χ2v) is 12.2. The van der Waals surface area contributed by atoms with Gasteiger partial charge < -0.3 is 25.9 Å². The highest BCUT2D eigenvalue weighted by Gasteiger charge is 2.54. The number of carbonyl (C=O) groups excluding carboxylic acids is 3. The highest BCUT2D eigenvalue weighted by molar-refractivity contribution is 8.00. The van der Waals surface area contributed by atoms with E-state index >= 15 is 0 Å². The highest BCUT2D eigenvalue weighted by Crippen LogP contribution is 2.42. The predicted octanol–water partition coefficient (Wildman–Crippen LogP) is 1.45. The number of nitrogens with two attached hydrogens (primary N) is 1. The van der Waals surface area contributed by atoms with E-state index in [0.717, 1.165) is 49.9 Å². The average Bonchev–Trinajstić information content (AvgIpc) is 3.26. The second-order valence-electron chi connectivity index (χ2n) is 10.2. The molecule has 3 amide bonds. The molecule has 2 aliphatic carbocycles. The van der Waals surface area contributed by atoms with Gasteiger partial charge in [0, 0.05) is 29.3 Å². The molecule has 6 rings (SSSR count). The minimum Gasteiger partial charge on any atom is -0.477 e. The number of nitrogens with zero attached hydrogens (tertiary/aromatic N) is 4. The molecule has 4 N–H and O–H groups in total. The van der Waals surface area contributed by atoms with Gasteiger partial charge in [-0.1, -0.05) is 5.16 Å². The van der Waals surface area contributed by atoms with Gasteiger partial charge in [-0.25, -0.2) is 9.78 Å². The number of hydrogen-bond acceptors (Lipinski definition) is 10. The van der Waals surface area contributed by atoms with Crippen LogP contribution in [0.5, 0.6) is 0 Å². The molecule has 0 aromatic carbocycles. The van der Waals surface area contributed by atoms with Crippen LogP contribution >= 0.6 is 23.1 Å². The fraction of sp³-hybridized carbons (Fsp3) is 0.520. The van der Waals surface area contributed by atoms with Crippen molar-refractivity contribution in [3.8, 4) is 0 Å². The number of carboxylic acid groups (broad SMARTS) is 1. The predicted molar refractivity (Wildman–Crippen MR) is 144 cm³/mol. The Morgan fingerprint density at radius 2 is 2.00 bits per heavy atom. The number of rotatable bonds is 8. The zero-order valence-electron chi connectivity index (χ0n) is 21.0. The van der Waals surface area contributed by atoms with E-state index in [-0.39, 0.29) is 40.0 Å². The number of thioether (sulfide) groups is 1. The Labute approximate surface area is 232 Å². The van der Waals surface area contributed by atoms with Gasteiger partial charge in [0.15, 0.2) is 10.8 Å². The van der Waals surface area contributed by atoms with Gasteiger partial charge >= 0.3 is 5.97 Å². The molecule has 4 heterocycles. The van der Waals surface area contributed by atoms with Gasteiger partial charge in [-0.15, -0.1) is 23.1 Å². The summed E-state index contributed by atoms with van der Waals surface area (Å²) in [6, 6.07) is -0.655. The van der Waals surface area contributed by atoms with Crippen LogP contribution in [0.15, 0.2) is 33.5 Å².